The van der Waals surface area contributed by atoms with Gasteiger partial charge in [-0.3, -0.25) is 0 Å². The Morgan fingerprint density at radius 1 is 1.42 bits per heavy atom. The van der Waals surface area contributed by atoms with Gasteiger partial charge >= 0.3 is 6.09 Å². The second-order valence-corrected chi connectivity index (χ2v) is 10.1. The number of rotatable bonds is 4. The monoisotopic (exact) mass is 450 g/mol. The SMILES string of the molecule is CC(C)(C)OC(=O)N1CC[C@H](NS(C)(=O)=O)[C@@H]1Cc1ccc(F)c(Br)c1. The molecule has 1 aliphatic rings. The third-order valence-electron chi connectivity index (χ3n) is 3.97. The third-order valence-corrected chi connectivity index (χ3v) is 5.31. The first kappa shape index (κ1) is 21.1. The summed E-state index contributed by atoms with van der Waals surface area (Å²) in [5, 5.41) is 0. The highest BCUT2D eigenvalue weighted by Crippen LogP contribution is 2.26. The Balaban J connectivity index is 2.26. The van der Waals surface area contributed by atoms with Crippen LogP contribution >= 0.6 is 15.9 Å². The van der Waals surface area contributed by atoms with Gasteiger partial charge in [-0.25, -0.2) is 22.3 Å². The van der Waals surface area contributed by atoms with Crippen LogP contribution in [-0.2, 0) is 21.2 Å². The minimum absolute atomic E-state index is 0.324. The van der Waals surface area contributed by atoms with E-state index >= 15 is 0 Å². The number of hydrogen-bond donors (Lipinski definition) is 1. The largest absolute Gasteiger partial charge is 0.444 e. The summed E-state index contributed by atoms with van der Waals surface area (Å²) in [5.74, 6) is -0.380. The van der Waals surface area contributed by atoms with Crippen molar-refractivity contribution in [2.75, 3.05) is 12.8 Å². The van der Waals surface area contributed by atoms with E-state index < -0.39 is 33.8 Å². The van der Waals surface area contributed by atoms with Crippen LogP contribution in [0.25, 0.3) is 0 Å². The topological polar surface area (TPSA) is 75.7 Å². The van der Waals surface area contributed by atoms with Crippen molar-refractivity contribution in [3.8, 4) is 0 Å². The van der Waals surface area contributed by atoms with E-state index in [9.17, 15) is 17.6 Å². The molecule has 1 aromatic carbocycles. The lowest BCUT2D eigenvalue weighted by Gasteiger charge is -2.31. The molecule has 1 fully saturated rings. The summed E-state index contributed by atoms with van der Waals surface area (Å²) in [6.07, 6.45) is 1.47. The van der Waals surface area contributed by atoms with Crippen LogP contribution in [0.3, 0.4) is 0 Å². The molecular weight excluding hydrogens is 427 g/mol. The van der Waals surface area contributed by atoms with Gasteiger partial charge in [0.05, 0.1) is 16.8 Å². The van der Waals surface area contributed by atoms with E-state index in [0.29, 0.717) is 23.9 Å². The van der Waals surface area contributed by atoms with Crippen LogP contribution in [0.15, 0.2) is 22.7 Å². The van der Waals surface area contributed by atoms with Gasteiger partial charge in [-0.15, -0.1) is 0 Å². The minimum atomic E-state index is -3.43. The number of benzene rings is 1. The lowest BCUT2D eigenvalue weighted by molar-refractivity contribution is 0.0218. The summed E-state index contributed by atoms with van der Waals surface area (Å²) >= 11 is 3.15. The van der Waals surface area contributed by atoms with Gasteiger partial charge in [0.25, 0.3) is 0 Å². The maximum atomic E-state index is 13.5. The summed E-state index contributed by atoms with van der Waals surface area (Å²) in [6.45, 7) is 5.72. The van der Waals surface area contributed by atoms with E-state index in [1.165, 1.54) is 6.07 Å². The van der Waals surface area contributed by atoms with Gasteiger partial charge in [0.1, 0.15) is 11.4 Å². The molecule has 0 aromatic heterocycles. The summed E-state index contributed by atoms with van der Waals surface area (Å²) in [5.41, 5.74) is 0.141. The fourth-order valence-corrected chi connectivity index (χ4v) is 4.22. The number of carbonyl (C=O) groups excluding carboxylic acids is 1. The van der Waals surface area contributed by atoms with Gasteiger partial charge in [0.15, 0.2) is 0 Å². The van der Waals surface area contributed by atoms with Crippen LogP contribution in [-0.4, -0.2) is 49.9 Å². The molecule has 0 spiro atoms. The predicted octanol–water partition coefficient (Wildman–Crippen LogP) is 3.06. The van der Waals surface area contributed by atoms with E-state index in [2.05, 4.69) is 20.7 Å². The van der Waals surface area contributed by atoms with Crippen LogP contribution in [0, 0.1) is 5.82 Å². The second kappa shape index (κ2) is 7.82. The third kappa shape index (κ3) is 5.92. The maximum Gasteiger partial charge on any atom is 0.410 e. The highest BCUT2D eigenvalue weighted by molar-refractivity contribution is 9.10. The molecule has 6 nitrogen and oxygen atoms in total. The Morgan fingerprint density at radius 3 is 2.62 bits per heavy atom. The Kier molecular flexibility index (Phi) is 6.35. The van der Waals surface area contributed by atoms with Crippen molar-refractivity contribution >= 4 is 32.0 Å². The van der Waals surface area contributed by atoms with Gasteiger partial charge in [0.2, 0.25) is 10.0 Å². The summed E-state index contributed by atoms with van der Waals surface area (Å²) < 4.78 is 45.2. The molecule has 2 rings (SSSR count). The van der Waals surface area contributed by atoms with Gasteiger partial charge < -0.3 is 9.64 Å². The van der Waals surface area contributed by atoms with Crippen molar-refractivity contribution in [1.29, 1.82) is 0 Å². The second-order valence-electron chi connectivity index (χ2n) is 7.48. The van der Waals surface area contributed by atoms with Crippen molar-refractivity contribution in [1.82, 2.24) is 9.62 Å². The zero-order valence-corrected chi connectivity index (χ0v) is 17.7. The molecule has 1 amide bonds. The molecule has 0 saturated carbocycles. The molecule has 146 valence electrons. The fourth-order valence-electron chi connectivity index (χ4n) is 2.97. The van der Waals surface area contributed by atoms with Crippen molar-refractivity contribution in [3.05, 3.63) is 34.1 Å². The number of nitrogens with one attached hydrogen (secondary N) is 1. The molecule has 0 bridgehead atoms. The number of ether oxygens (including phenoxy) is 1. The normalized spacial score (nSPS) is 21.1. The van der Waals surface area contributed by atoms with Gasteiger partial charge in [0, 0.05) is 12.6 Å². The Morgan fingerprint density at radius 2 is 2.08 bits per heavy atom. The average Bonchev–Trinajstić information content (AvgIpc) is 2.82. The van der Waals surface area contributed by atoms with Crippen molar-refractivity contribution < 1.29 is 22.3 Å². The first-order chi connectivity index (χ1) is 11.9. The van der Waals surface area contributed by atoms with E-state index in [1.54, 1.807) is 37.8 Å². The lowest BCUT2D eigenvalue weighted by Crippen LogP contribution is -2.48. The van der Waals surface area contributed by atoms with Crippen LogP contribution in [0.5, 0.6) is 0 Å². The summed E-state index contributed by atoms with van der Waals surface area (Å²) in [4.78, 5) is 14.1. The zero-order chi connectivity index (χ0) is 19.7. The van der Waals surface area contributed by atoms with Crippen LogP contribution in [0.4, 0.5) is 9.18 Å². The van der Waals surface area contributed by atoms with Crippen LogP contribution < -0.4 is 4.72 Å². The number of halogens is 2. The molecule has 0 unspecified atom stereocenters. The molecule has 1 heterocycles. The molecule has 1 aliphatic heterocycles. The van der Waals surface area contributed by atoms with Crippen molar-refractivity contribution in [2.45, 2.75) is 51.3 Å². The van der Waals surface area contributed by atoms with Gasteiger partial charge in [-0.2, -0.15) is 0 Å². The molecule has 1 saturated heterocycles. The lowest BCUT2D eigenvalue weighted by atomic mass is 10.0. The Hall–Kier alpha value is -1.19. The van der Waals surface area contributed by atoms with Gasteiger partial charge in [-0.1, -0.05) is 6.07 Å². The summed E-state index contributed by atoms with van der Waals surface area (Å²) in [7, 11) is -3.43. The molecule has 26 heavy (non-hydrogen) atoms. The van der Waals surface area contributed by atoms with E-state index in [1.807, 2.05) is 0 Å². The van der Waals surface area contributed by atoms with E-state index in [0.717, 1.165) is 11.8 Å². The highest BCUT2D eigenvalue weighted by atomic mass is 79.9. The Bertz CT molecular complexity index is 779. The maximum absolute atomic E-state index is 13.5. The fraction of sp³-hybridized carbons (Fsp3) is 0.588. The van der Waals surface area contributed by atoms with E-state index in [4.69, 9.17) is 4.74 Å². The standard InChI is InChI=1S/C17H24BrFN2O4S/c1-17(2,3)25-16(22)21-8-7-14(20-26(4,23)24)15(21)10-11-5-6-13(19)12(18)9-11/h5-6,9,14-15,20H,7-8,10H2,1-4H3/t14-,15-/m0/s1. The zero-order valence-electron chi connectivity index (χ0n) is 15.3. The van der Waals surface area contributed by atoms with Crippen LogP contribution in [0.1, 0.15) is 32.8 Å². The predicted molar refractivity (Wildman–Crippen MR) is 101 cm³/mol. The first-order valence-electron chi connectivity index (χ1n) is 8.26. The van der Waals surface area contributed by atoms with Crippen LogP contribution in [0.2, 0.25) is 0 Å². The molecule has 1 N–H and O–H groups in total. The molecule has 9 heteroatoms. The molecule has 0 aliphatic carbocycles. The van der Waals surface area contributed by atoms with Gasteiger partial charge in [-0.05, 0) is 67.2 Å². The average molecular weight is 451 g/mol. The minimum Gasteiger partial charge on any atom is -0.444 e. The number of nitrogens with zero attached hydrogens (tertiary/aromatic N) is 1. The molecule has 0 radical (unpaired) electrons. The summed E-state index contributed by atoms with van der Waals surface area (Å²) in [6, 6.07) is 3.76. The van der Waals surface area contributed by atoms with E-state index in [-0.39, 0.29) is 5.82 Å². The molecular formula is C17H24BrFN2O4S. The smallest absolute Gasteiger partial charge is 0.410 e. The quantitative estimate of drug-likeness (QED) is 0.764. The number of hydrogen-bond acceptors (Lipinski definition) is 4. The van der Waals surface area contributed by atoms with Crippen molar-refractivity contribution in [3.63, 3.8) is 0 Å². The molecule has 2 atom stereocenters. The Labute approximate surface area is 162 Å². The first-order valence-corrected chi connectivity index (χ1v) is 10.9. The molecule has 1 aromatic rings. The number of sulfonamides is 1. The number of likely N-dealkylation sites (tertiary alicyclic amines) is 1. The number of carbonyl (C=O) groups is 1. The highest BCUT2D eigenvalue weighted by Gasteiger charge is 2.40. The number of amides is 1. The van der Waals surface area contributed by atoms with Crippen molar-refractivity contribution in [2.24, 2.45) is 0 Å².